The van der Waals surface area contributed by atoms with Crippen LogP contribution in [0.3, 0.4) is 0 Å². The molecule has 2 rings (SSSR count). The van der Waals surface area contributed by atoms with Crippen LogP contribution in [-0.4, -0.2) is 35.6 Å². The van der Waals surface area contributed by atoms with Gasteiger partial charge in [-0.1, -0.05) is 0 Å². The second kappa shape index (κ2) is 5.80. The van der Waals surface area contributed by atoms with Crippen LogP contribution in [0.1, 0.15) is 17.6 Å². The first-order valence-electron chi connectivity index (χ1n) is 5.11. The number of rotatable bonds is 2. The minimum atomic E-state index is 0. The number of aryl methyl sites for hydroxylation is 1. The van der Waals surface area contributed by atoms with E-state index in [1.54, 1.807) is 11.3 Å². The molecule has 1 fully saturated rings. The molecule has 0 unspecified atom stereocenters. The second-order valence-electron chi connectivity index (χ2n) is 3.91. The maximum absolute atomic E-state index is 4.50. The van der Waals surface area contributed by atoms with Gasteiger partial charge >= 0.3 is 0 Å². The molecule has 0 saturated carbocycles. The molecule has 0 aromatic carbocycles. The Morgan fingerprint density at radius 2 is 2.47 bits per heavy atom. The Bertz CT molecular complexity index is 303. The summed E-state index contributed by atoms with van der Waals surface area (Å²) in [5, 5.41) is 6.77. The van der Waals surface area contributed by atoms with E-state index in [9.17, 15) is 0 Å². The maximum Gasteiger partial charge on any atom is 0.107 e. The highest BCUT2D eigenvalue weighted by Gasteiger charge is 2.18. The quantitative estimate of drug-likeness (QED) is 0.862. The summed E-state index contributed by atoms with van der Waals surface area (Å²) >= 11 is 1.77. The smallest absolute Gasteiger partial charge is 0.107 e. The average Bonchev–Trinajstić information content (AvgIpc) is 2.56. The fourth-order valence-corrected chi connectivity index (χ4v) is 2.56. The van der Waals surface area contributed by atoms with Crippen molar-refractivity contribution in [2.45, 2.75) is 26.4 Å². The van der Waals surface area contributed by atoms with E-state index in [1.165, 1.54) is 5.01 Å². The Hall–Kier alpha value is -0.160. The van der Waals surface area contributed by atoms with E-state index in [-0.39, 0.29) is 12.4 Å². The summed E-state index contributed by atoms with van der Waals surface area (Å²) in [6, 6.07) is 0.632. The summed E-state index contributed by atoms with van der Waals surface area (Å²) in [5.41, 5.74) is 1.15. The van der Waals surface area contributed by atoms with Gasteiger partial charge in [-0.3, -0.25) is 4.90 Å². The molecule has 1 atom stereocenters. The molecule has 0 amide bonds. The molecular weight excluding hydrogens is 230 g/mol. The van der Waals surface area contributed by atoms with Crippen LogP contribution in [0.4, 0.5) is 0 Å². The van der Waals surface area contributed by atoms with Gasteiger partial charge in [-0.15, -0.1) is 23.7 Å². The number of aromatic nitrogens is 1. The van der Waals surface area contributed by atoms with Crippen LogP contribution in [0.5, 0.6) is 0 Å². The van der Waals surface area contributed by atoms with Crippen LogP contribution >= 0.6 is 23.7 Å². The monoisotopic (exact) mass is 247 g/mol. The summed E-state index contributed by atoms with van der Waals surface area (Å²) in [6.45, 7) is 8.69. The third kappa shape index (κ3) is 3.41. The zero-order chi connectivity index (χ0) is 9.97. The topological polar surface area (TPSA) is 28.2 Å². The highest BCUT2D eigenvalue weighted by molar-refractivity contribution is 7.09. The van der Waals surface area contributed by atoms with Crippen molar-refractivity contribution >= 4 is 23.7 Å². The molecule has 0 radical (unpaired) electrons. The number of thiazole rings is 1. The van der Waals surface area contributed by atoms with E-state index in [0.29, 0.717) is 6.04 Å². The lowest BCUT2D eigenvalue weighted by Gasteiger charge is -2.33. The first-order chi connectivity index (χ1) is 6.75. The van der Waals surface area contributed by atoms with E-state index in [0.717, 1.165) is 31.9 Å². The van der Waals surface area contributed by atoms with Crippen LogP contribution in [-0.2, 0) is 6.54 Å². The van der Waals surface area contributed by atoms with Crippen molar-refractivity contribution < 1.29 is 0 Å². The predicted octanol–water partition coefficient (Wildman–Crippen LogP) is 1.67. The molecule has 0 aliphatic carbocycles. The van der Waals surface area contributed by atoms with Crippen molar-refractivity contribution in [2.24, 2.45) is 0 Å². The van der Waals surface area contributed by atoms with Crippen molar-refractivity contribution in [2.75, 3.05) is 19.6 Å². The minimum absolute atomic E-state index is 0. The molecule has 1 aliphatic rings. The predicted molar refractivity (Wildman–Crippen MR) is 66.8 cm³/mol. The van der Waals surface area contributed by atoms with Crippen molar-refractivity contribution in [3.63, 3.8) is 0 Å². The van der Waals surface area contributed by atoms with Gasteiger partial charge in [0.05, 0.1) is 6.54 Å². The summed E-state index contributed by atoms with van der Waals surface area (Å²) < 4.78 is 0. The van der Waals surface area contributed by atoms with Crippen LogP contribution in [0.15, 0.2) is 5.38 Å². The lowest BCUT2D eigenvalue weighted by Crippen LogP contribution is -2.49. The van der Waals surface area contributed by atoms with E-state index in [1.807, 2.05) is 0 Å². The molecule has 15 heavy (non-hydrogen) atoms. The van der Waals surface area contributed by atoms with Crippen LogP contribution in [0.25, 0.3) is 0 Å². The van der Waals surface area contributed by atoms with Gasteiger partial charge in [0.1, 0.15) is 5.01 Å². The number of hydrogen-bond donors (Lipinski definition) is 1. The summed E-state index contributed by atoms with van der Waals surface area (Å²) in [7, 11) is 0. The zero-order valence-corrected chi connectivity index (χ0v) is 10.8. The second-order valence-corrected chi connectivity index (χ2v) is 4.85. The zero-order valence-electron chi connectivity index (χ0n) is 9.19. The molecule has 1 aromatic rings. The molecule has 5 heteroatoms. The molecular formula is C10H18ClN3S. The number of halogens is 1. The number of hydrogen-bond acceptors (Lipinski definition) is 4. The molecule has 0 spiro atoms. The Morgan fingerprint density at radius 1 is 1.67 bits per heavy atom. The molecule has 0 bridgehead atoms. The highest BCUT2D eigenvalue weighted by atomic mass is 35.5. The van der Waals surface area contributed by atoms with Gasteiger partial charge in [0.2, 0.25) is 0 Å². The van der Waals surface area contributed by atoms with E-state index < -0.39 is 0 Å². The van der Waals surface area contributed by atoms with Crippen molar-refractivity contribution in [1.29, 1.82) is 0 Å². The summed E-state index contributed by atoms with van der Waals surface area (Å²) in [4.78, 5) is 6.99. The standard InChI is InChI=1S/C10H17N3S.ClH/c1-8-7-14-10(12-8)6-13-4-3-11-5-9(13)2;/h7,9,11H,3-6H2,1-2H3;1H/t9-;/m1./s1. The minimum Gasteiger partial charge on any atom is -0.314 e. The van der Waals surface area contributed by atoms with E-state index in [2.05, 4.69) is 34.4 Å². The Labute approximate surface area is 101 Å². The fraction of sp³-hybridized carbons (Fsp3) is 0.700. The first-order valence-corrected chi connectivity index (χ1v) is 5.99. The normalized spacial score (nSPS) is 22.4. The van der Waals surface area contributed by atoms with Crippen LogP contribution < -0.4 is 5.32 Å². The molecule has 86 valence electrons. The lowest BCUT2D eigenvalue weighted by atomic mass is 10.2. The van der Waals surface area contributed by atoms with Gasteiger partial charge in [-0.05, 0) is 13.8 Å². The van der Waals surface area contributed by atoms with Gasteiger partial charge in [-0.25, -0.2) is 4.98 Å². The van der Waals surface area contributed by atoms with Crippen molar-refractivity contribution in [3.05, 3.63) is 16.1 Å². The Balaban J connectivity index is 0.00000112. The third-order valence-electron chi connectivity index (χ3n) is 2.64. The summed E-state index contributed by atoms with van der Waals surface area (Å²) in [5.74, 6) is 0. The molecule has 2 heterocycles. The van der Waals surface area contributed by atoms with Crippen LogP contribution in [0, 0.1) is 6.92 Å². The van der Waals surface area contributed by atoms with Crippen molar-refractivity contribution in [3.8, 4) is 0 Å². The Kier molecular flexibility index (Phi) is 4.99. The van der Waals surface area contributed by atoms with Gasteiger partial charge in [0.15, 0.2) is 0 Å². The van der Waals surface area contributed by atoms with Crippen LogP contribution in [0.2, 0.25) is 0 Å². The maximum atomic E-state index is 4.50. The van der Waals surface area contributed by atoms with E-state index >= 15 is 0 Å². The van der Waals surface area contributed by atoms with Gasteiger partial charge in [0.25, 0.3) is 0 Å². The van der Waals surface area contributed by atoms with Gasteiger partial charge in [0, 0.05) is 36.8 Å². The van der Waals surface area contributed by atoms with Gasteiger partial charge < -0.3 is 5.32 Å². The number of piperazine rings is 1. The molecule has 1 saturated heterocycles. The molecule has 1 N–H and O–H groups in total. The molecule has 3 nitrogen and oxygen atoms in total. The SMILES string of the molecule is Cc1csc(CN2CCNC[C@H]2C)n1.Cl. The first kappa shape index (κ1) is 12.9. The highest BCUT2D eigenvalue weighted by Crippen LogP contribution is 2.14. The molecule has 1 aromatic heterocycles. The molecule has 1 aliphatic heterocycles. The average molecular weight is 248 g/mol. The number of nitrogens with one attached hydrogen (secondary N) is 1. The van der Waals surface area contributed by atoms with Gasteiger partial charge in [-0.2, -0.15) is 0 Å². The fourth-order valence-electron chi connectivity index (χ4n) is 1.77. The van der Waals surface area contributed by atoms with Crippen molar-refractivity contribution in [1.82, 2.24) is 15.2 Å². The third-order valence-corrected chi connectivity index (χ3v) is 3.60. The lowest BCUT2D eigenvalue weighted by molar-refractivity contribution is 0.165. The van der Waals surface area contributed by atoms with E-state index in [4.69, 9.17) is 0 Å². The largest absolute Gasteiger partial charge is 0.314 e. The summed E-state index contributed by atoms with van der Waals surface area (Å²) in [6.07, 6.45) is 0. The Morgan fingerprint density at radius 3 is 3.07 bits per heavy atom. The number of nitrogens with zero attached hydrogens (tertiary/aromatic N) is 2.